The smallest absolute Gasteiger partial charge is 0.251 e. The lowest BCUT2D eigenvalue weighted by Gasteiger charge is -2.14. The van der Waals surface area contributed by atoms with Crippen molar-refractivity contribution in [1.82, 2.24) is 20.2 Å². The van der Waals surface area contributed by atoms with Crippen LogP contribution in [0.15, 0.2) is 60.9 Å². The third-order valence-corrected chi connectivity index (χ3v) is 5.55. The van der Waals surface area contributed by atoms with Crippen molar-refractivity contribution in [3.8, 4) is 11.3 Å². The normalized spacial score (nSPS) is 13.8. The molecule has 2 heterocycles. The van der Waals surface area contributed by atoms with Crippen LogP contribution in [0.4, 0.5) is 11.5 Å². The maximum Gasteiger partial charge on any atom is 0.251 e. The Morgan fingerprint density at radius 1 is 1.03 bits per heavy atom. The number of hydrogen-bond donors (Lipinski definition) is 2. The Morgan fingerprint density at radius 2 is 1.84 bits per heavy atom. The van der Waals surface area contributed by atoms with Gasteiger partial charge in [-0.15, -0.1) is 0 Å². The minimum absolute atomic E-state index is 0.0481. The van der Waals surface area contributed by atoms with E-state index in [1.807, 2.05) is 30.3 Å². The highest BCUT2D eigenvalue weighted by atomic mass is 16.1. The van der Waals surface area contributed by atoms with Crippen LogP contribution in [-0.4, -0.2) is 47.0 Å². The largest absolute Gasteiger partial charge is 0.352 e. The first kappa shape index (κ1) is 21.0. The molecule has 4 rings (SSSR count). The molecule has 31 heavy (non-hydrogen) atoms. The second kappa shape index (κ2) is 10.2. The topological polar surface area (TPSA) is 70.2 Å². The van der Waals surface area contributed by atoms with Gasteiger partial charge in [0.15, 0.2) is 0 Å². The summed E-state index contributed by atoms with van der Waals surface area (Å²) < 4.78 is 0. The van der Waals surface area contributed by atoms with Gasteiger partial charge in [-0.25, -0.2) is 9.97 Å². The van der Waals surface area contributed by atoms with E-state index >= 15 is 0 Å². The summed E-state index contributed by atoms with van der Waals surface area (Å²) in [6, 6.07) is 17.6. The number of anilines is 2. The van der Waals surface area contributed by atoms with Crippen LogP contribution in [0.1, 0.15) is 35.2 Å². The van der Waals surface area contributed by atoms with Gasteiger partial charge in [0.25, 0.3) is 5.91 Å². The van der Waals surface area contributed by atoms with Gasteiger partial charge in [-0.05, 0) is 64.0 Å². The van der Waals surface area contributed by atoms with Gasteiger partial charge in [-0.1, -0.05) is 35.9 Å². The summed E-state index contributed by atoms with van der Waals surface area (Å²) in [5.41, 5.74) is 4.56. The Balaban J connectivity index is 1.35. The highest BCUT2D eigenvalue weighted by Gasteiger charge is 2.11. The molecule has 1 saturated heterocycles. The number of aromatic nitrogens is 2. The Bertz CT molecular complexity index is 1010. The number of amides is 1. The molecule has 1 aliphatic rings. The van der Waals surface area contributed by atoms with Gasteiger partial charge >= 0.3 is 0 Å². The van der Waals surface area contributed by atoms with Crippen molar-refractivity contribution < 1.29 is 4.79 Å². The SMILES string of the molecule is Cc1ccc(-c2cc(Nc3cccc(C(=O)NCCCN4CCCC4)c3)ncn2)cc1. The number of nitrogens with one attached hydrogen (secondary N) is 2. The van der Waals surface area contributed by atoms with E-state index in [-0.39, 0.29) is 5.91 Å². The predicted octanol–water partition coefficient (Wildman–Crippen LogP) is 4.41. The Hall–Kier alpha value is -3.25. The Labute approximate surface area is 183 Å². The molecule has 1 fully saturated rings. The van der Waals surface area contributed by atoms with Crippen LogP contribution in [0, 0.1) is 6.92 Å². The standard InChI is InChI=1S/C25H29N5O/c1-19-8-10-20(11-9-19)23-17-24(28-18-27-23)29-22-7-4-6-21(16-22)25(31)26-12-5-15-30-13-2-3-14-30/h4,6-11,16-18H,2-3,5,12-15H2,1H3,(H,26,31)(H,27,28,29). The maximum absolute atomic E-state index is 12.5. The molecular formula is C25H29N5O. The van der Waals surface area contributed by atoms with Crippen LogP contribution < -0.4 is 10.6 Å². The van der Waals surface area contributed by atoms with Gasteiger partial charge in [0.05, 0.1) is 5.69 Å². The van der Waals surface area contributed by atoms with E-state index in [1.54, 1.807) is 6.33 Å². The molecule has 0 aliphatic carbocycles. The molecule has 6 nitrogen and oxygen atoms in total. The first-order valence-corrected chi connectivity index (χ1v) is 10.9. The third-order valence-electron chi connectivity index (χ3n) is 5.55. The number of hydrogen-bond acceptors (Lipinski definition) is 5. The van der Waals surface area contributed by atoms with E-state index in [0.29, 0.717) is 17.9 Å². The van der Waals surface area contributed by atoms with E-state index < -0.39 is 0 Å². The monoisotopic (exact) mass is 415 g/mol. The summed E-state index contributed by atoms with van der Waals surface area (Å²) in [7, 11) is 0. The second-order valence-corrected chi connectivity index (χ2v) is 8.02. The summed E-state index contributed by atoms with van der Waals surface area (Å²) in [4.78, 5) is 23.7. The molecule has 160 valence electrons. The first-order valence-electron chi connectivity index (χ1n) is 10.9. The molecule has 0 radical (unpaired) electrons. The van der Waals surface area contributed by atoms with E-state index in [4.69, 9.17) is 0 Å². The second-order valence-electron chi connectivity index (χ2n) is 8.02. The third kappa shape index (κ3) is 5.89. The molecule has 2 aromatic carbocycles. The summed E-state index contributed by atoms with van der Waals surface area (Å²) >= 11 is 0. The van der Waals surface area contributed by atoms with Gasteiger partial charge in [0, 0.05) is 29.4 Å². The molecule has 0 unspecified atom stereocenters. The lowest BCUT2D eigenvalue weighted by atomic mass is 10.1. The van der Waals surface area contributed by atoms with Crippen LogP contribution in [-0.2, 0) is 0 Å². The Morgan fingerprint density at radius 3 is 2.65 bits per heavy atom. The minimum Gasteiger partial charge on any atom is -0.352 e. The van der Waals surface area contributed by atoms with Crippen molar-refractivity contribution in [2.24, 2.45) is 0 Å². The van der Waals surface area contributed by atoms with Crippen molar-refractivity contribution in [1.29, 1.82) is 0 Å². The molecule has 3 aromatic rings. The molecule has 1 aliphatic heterocycles. The number of carbonyl (C=O) groups excluding carboxylic acids is 1. The summed E-state index contributed by atoms with van der Waals surface area (Å²) in [5, 5.41) is 6.32. The maximum atomic E-state index is 12.5. The predicted molar refractivity (Wildman–Crippen MR) is 125 cm³/mol. The average Bonchev–Trinajstić information content (AvgIpc) is 3.31. The van der Waals surface area contributed by atoms with E-state index in [9.17, 15) is 4.79 Å². The number of likely N-dealkylation sites (tertiary alicyclic amines) is 1. The van der Waals surface area contributed by atoms with Crippen molar-refractivity contribution in [3.05, 3.63) is 72.1 Å². The molecule has 0 saturated carbocycles. The Kier molecular flexibility index (Phi) is 6.89. The zero-order valence-corrected chi connectivity index (χ0v) is 18.0. The van der Waals surface area contributed by atoms with E-state index in [1.165, 1.54) is 31.5 Å². The number of carbonyl (C=O) groups is 1. The summed E-state index contributed by atoms with van der Waals surface area (Å²) in [6.45, 7) is 6.19. The lowest BCUT2D eigenvalue weighted by Crippen LogP contribution is -2.28. The van der Waals surface area contributed by atoms with Crippen LogP contribution >= 0.6 is 0 Å². The first-order chi connectivity index (χ1) is 15.2. The zero-order chi connectivity index (χ0) is 21.5. The van der Waals surface area contributed by atoms with Gasteiger partial charge in [-0.3, -0.25) is 4.79 Å². The number of benzene rings is 2. The van der Waals surface area contributed by atoms with Crippen LogP contribution in [0.2, 0.25) is 0 Å². The fraction of sp³-hybridized carbons (Fsp3) is 0.320. The highest BCUT2D eigenvalue weighted by molar-refractivity contribution is 5.95. The molecule has 0 atom stereocenters. The van der Waals surface area contributed by atoms with Crippen LogP contribution in [0.25, 0.3) is 11.3 Å². The van der Waals surface area contributed by atoms with Crippen LogP contribution in [0.3, 0.4) is 0 Å². The molecule has 1 aromatic heterocycles. The molecule has 1 amide bonds. The fourth-order valence-corrected chi connectivity index (χ4v) is 3.81. The van der Waals surface area contributed by atoms with E-state index in [2.05, 4.69) is 56.7 Å². The zero-order valence-electron chi connectivity index (χ0n) is 18.0. The van der Waals surface area contributed by atoms with E-state index in [0.717, 1.165) is 29.9 Å². The fourth-order valence-electron chi connectivity index (χ4n) is 3.81. The van der Waals surface area contributed by atoms with Gasteiger partial charge < -0.3 is 15.5 Å². The van der Waals surface area contributed by atoms with Crippen molar-refractivity contribution in [3.63, 3.8) is 0 Å². The van der Waals surface area contributed by atoms with Crippen molar-refractivity contribution in [2.45, 2.75) is 26.2 Å². The average molecular weight is 416 g/mol. The van der Waals surface area contributed by atoms with Gasteiger partial charge in [0.1, 0.15) is 12.1 Å². The molecule has 2 N–H and O–H groups in total. The molecule has 0 bridgehead atoms. The van der Waals surface area contributed by atoms with Crippen LogP contribution in [0.5, 0.6) is 0 Å². The highest BCUT2D eigenvalue weighted by Crippen LogP contribution is 2.22. The quantitative estimate of drug-likeness (QED) is 0.533. The summed E-state index contributed by atoms with van der Waals surface area (Å²) in [5.74, 6) is 0.641. The molecular weight excluding hydrogens is 386 g/mol. The summed E-state index contributed by atoms with van der Waals surface area (Å²) in [6.07, 6.45) is 5.12. The molecule has 0 spiro atoms. The van der Waals surface area contributed by atoms with Crippen molar-refractivity contribution in [2.75, 3.05) is 31.5 Å². The van der Waals surface area contributed by atoms with Gasteiger partial charge in [-0.2, -0.15) is 0 Å². The minimum atomic E-state index is -0.0481. The van der Waals surface area contributed by atoms with Crippen molar-refractivity contribution >= 4 is 17.4 Å². The van der Waals surface area contributed by atoms with Gasteiger partial charge in [0.2, 0.25) is 0 Å². The molecule has 6 heteroatoms. The lowest BCUT2D eigenvalue weighted by molar-refractivity contribution is 0.0952. The number of rotatable bonds is 8. The number of aryl methyl sites for hydroxylation is 1. The number of nitrogens with zero attached hydrogens (tertiary/aromatic N) is 3.